The van der Waals surface area contributed by atoms with Gasteiger partial charge in [-0.2, -0.15) is 0 Å². The minimum absolute atomic E-state index is 0.121. The second-order valence-electron chi connectivity index (χ2n) is 12.5. The molecule has 6 nitrogen and oxygen atoms in total. The molecular weight excluding hydrogens is 624 g/mol. The van der Waals surface area contributed by atoms with Crippen molar-refractivity contribution in [1.82, 2.24) is 0 Å². The Hall–Kier alpha value is -3.41. The summed E-state index contributed by atoms with van der Waals surface area (Å²) in [5.74, 6) is -1.10. The van der Waals surface area contributed by atoms with Gasteiger partial charge in [0.25, 0.3) is 0 Å². The van der Waals surface area contributed by atoms with Crippen molar-refractivity contribution in [3.8, 4) is 0 Å². The second kappa shape index (κ2) is 38.4. The molecule has 282 valence electrons. The molecule has 0 N–H and O–H groups in total. The van der Waals surface area contributed by atoms with Crippen LogP contribution in [0.15, 0.2) is 85.1 Å². The van der Waals surface area contributed by atoms with Gasteiger partial charge in [0.1, 0.15) is 13.2 Å². The molecule has 0 fully saturated rings. The van der Waals surface area contributed by atoms with Gasteiger partial charge in [-0.05, 0) is 70.6 Å². The lowest BCUT2D eigenvalue weighted by Crippen LogP contribution is -2.30. The van der Waals surface area contributed by atoms with Crippen molar-refractivity contribution in [3.63, 3.8) is 0 Å². The van der Waals surface area contributed by atoms with E-state index >= 15 is 0 Å². The molecule has 0 rings (SSSR count). The minimum Gasteiger partial charge on any atom is -0.462 e. The molecule has 0 bridgehead atoms. The van der Waals surface area contributed by atoms with Crippen molar-refractivity contribution in [1.29, 1.82) is 0 Å². The van der Waals surface area contributed by atoms with Crippen molar-refractivity contribution in [2.24, 2.45) is 0 Å². The fraction of sp³-hybridized carbons (Fsp3) is 0.614. The van der Waals surface area contributed by atoms with Gasteiger partial charge in [-0.15, -0.1) is 0 Å². The summed E-state index contributed by atoms with van der Waals surface area (Å²) >= 11 is 0. The smallest absolute Gasteiger partial charge is 0.309 e. The van der Waals surface area contributed by atoms with E-state index in [2.05, 4.69) is 87.6 Å². The Kier molecular flexibility index (Phi) is 35.8. The summed E-state index contributed by atoms with van der Waals surface area (Å²) in [6.07, 6.45) is 47.5. The van der Waals surface area contributed by atoms with Crippen LogP contribution in [0.3, 0.4) is 0 Å². The quantitative estimate of drug-likeness (QED) is 0.0224. The molecule has 0 saturated heterocycles. The van der Waals surface area contributed by atoms with E-state index in [0.717, 1.165) is 103 Å². The van der Waals surface area contributed by atoms with Crippen molar-refractivity contribution in [2.45, 2.75) is 162 Å². The summed E-state index contributed by atoms with van der Waals surface area (Å²) in [5, 5.41) is 0. The maximum absolute atomic E-state index is 12.6. The van der Waals surface area contributed by atoms with Gasteiger partial charge in [0.2, 0.25) is 0 Å². The zero-order chi connectivity index (χ0) is 36.6. The zero-order valence-electron chi connectivity index (χ0n) is 31.9. The highest BCUT2D eigenvalue weighted by atomic mass is 16.6. The van der Waals surface area contributed by atoms with Gasteiger partial charge in [-0.3, -0.25) is 14.4 Å². The van der Waals surface area contributed by atoms with Crippen LogP contribution in [0.1, 0.15) is 156 Å². The molecule has 6 heteroatoms. The van der Waals surface area contributed by atoms with Crippen molar-refractivity contribution >= 4 is 17.9 Å². The number of ether oxygens (including phenoxy) is 3. The van der Waals surface area contributed by atoms with E-state index in [1.54, 1.807) is 6.08 Å². The molecule has 0 aliphatic rings. The molecule has 0 aromatic carbocycles. The molecule has 0 amide bonds. The van der Waals surface area contributed by atoms with Gasteiger partial charge in [0.05, 0.1) is 6.42 Å². The third-order valence-electron chi connectivity index (χ3n) is 7.71. The highest BCUT2D eigenvalue weighted by molar-refractivity contribution is 5.72. The Balaban J connectivity index is 4.52. The van der Waals surface area contributed by atoms with Gasteiger partial charge in [0.15, 0.2) is 6.10 Å². The summed E-state index contributed by atoms with van der Waals surface area (Å²) in [6, 6.07) is 0. The normalized spacial score (nSPS) is 12.9. The highest BCUT2D eigenvalue weighted by Crippen LogP contribution is 2.11. The number of hydrogen-bond donors (Lipinski definition) is 0. The second-order valence-corrected chi connectivity index (χ2v) is 12.5. The Labute approximate surface area is 305 Å². The summed E-state index contributed by atoms with van der Waals surface area (Å²) in [7, 11) is 0. The number of carbonyl (C=O) groups excluding carboxylic acids is 3. The van der Waals surface area contributed by atoms with Crippen molar-refractivity contribution in [2.75, 3.05) is 13.2 Å². The maximum Gasteiger partial charge on any atom is 0.309 e. The van der Waals surface area contributed by atoms with Crippen molar-refractivity contribution in [3.05, 3.63) is 85.1 Å². The lowest BCUT2D eigenvalue weighted by molar-refractivity contribution is -0.166. The zero-order valence-corrected chi connectivity index (χ0v) is 31.9. The topological polar surface area (TPSA) is 78.9 Å². The molecule has 0 aliphatic carbocycles. The van der Waals surface area contributed by atoms with Crippen LogP contribution in [0.25, 0.3) is 0 Å². The summed E-state index contributed by atoms with van der Waals surface area (Å²) in [5.41, 5.74) is 0. The van der Waals surface area contributed by atoms with Gasteiger partial charge >= 0.3 is 17.9 Å². The maximum atomic E-state index is 12.6. The Bertz CT molecular complexity index is 1030. The number of allylic oxidation sites excluding steroid dienone is 13. The van der Waals surface area contributed by atoms with E-state index < -0.39 is 12.1 Å². The van der Waals surface area contributed by atoms with E-state index in [1.807, 2.05) is 12.2 Å². The van der Waals surface area contributed by atoms with Crippen LogP contribution in [0.5, 0.6) is 0 Å². The minimum atomic E-state index is -0.822. The number of esters is 3. The molecule has 0 radical (unpaired) electrons. The van der Waals surface area contributed by atoms with Gasteiger partial charge in [0, 0.05) is 12.8 Å². The highest BCUT2D eigenvalue weighted by Gasteiger charge is 2.19. The first-order chi connectivity index (χ1) is 24.5. The average Bonchev–Trinajstić information content (AvgIpc) is 3.11. The first-order valence-electron chi connectivity index (χ1n) is 19.6. The SMILES string of the molecule is CC\C=C/C=C\C=C/CCCCCCCC(=O)OCC(COC(=O)C/C=C\C/C=C\C/C=C\CC)OC(=O)CCCCCC/C=C\CCCC. The number of carbonyl (C=O) groups is 3. The molecule has 50 heavy (non-hydrogen) atoms. The largest absolute Gasteiger partial charge is 0.462 e. The standard InChI is InChI=1S/C44H70O6/c1-4-7-10-13-16-19-21-22-23-26-28-31-34-37-43(46)49-40-41(39-48-42(45)36-33-30-27-24-18-15-12-9-6-3)50-44(47)38-35-32-29-25-20-17-14-11-8-5-2/h7,9-10,12-14,16-19,21,24,30,33,41H,4-6,8,11,15,20,22-23,25-29,31-32,34-40H2,1-3H3/b10-7-,12-9-,16-13-,17-14-,21-19-,24-18-,33-30-. The van der Waals surface area contributed by atoms with Crippen LogP contribution in [0, 0.1) is 0 Å². The Morgan fingerprint density at radius 3 is 1.60 bits per heavy atom. The molecule has 0 aliphatic heterocycles. The molecule has 0 heterocycles. The fourth-order valence-corrected chi connectivity index (χ4v) is 4.77. The predicted octanol–water partition coefficient (Wildman–Crippen LogP) is 12.1. The van der Waals surface area contributed by atoms with Crippen LogP contribution >= 0.6 is 0 Å². The predicted molar refractivity (Wildman–Crippen MR) is 210 cm³/mol. The van der Waals surface area contributed by atoms with Crippen LogP contribution in [-0.4, -0.2) is 37.2 Å². The third kappa shape index (κ3) is 35.9. The van der Waals surface area contributed by atoms with Crippen LogP contribution in [0.4, 0.5) is 0 Å². The van der Waals surface area contributed by atoms with E-state index in [9.17, 15) is 14.4 Å². The van der Waals surface area contributed by atoms with E-state index in [0.29, 0.717) is 6.42 Å². The van der Waals surface area contributed by atoms with Gasteiger partial charge in [-0.25, -0.2) is 0 Å². The summed E-state index contributed by atoms with van der Waals surface area (Å²) < 4.78 is 16.4. The Morgan fingerprint density at radius 1 is 0.460 bits per heavy atom. The summed E-state index contributed by atoms with van der Waals surface area (Å²) in [4.78, 5) is 37.4. The monoisotopic (exact) mass is 695 g/mol. The van der Waals surface area contributed by atoms with E-state index in [-0.39, 0.29) is 38.0 Å². The molecule has 0 aromatic rings. The van der Waals surface area contributed by atoms with Crippen molar-refractivity contribution < 1.29 is 28.6 Å². The molecule has 0 spiro atoms. The molecule has 0 aromatic heterocycles. The molecule has 0 saturated carbocycles. The van der Waals surface area contributed by atoms with E-state index in [4.69, 9.17) is 14.2 Å². The lowest BCUT2D eigenvalue weighted by atomic mass is 10.1. The molecular formula is C44H70O6. The first-order valence-corrected chi connectivity index (χ1v) is 19.6. The molecule has 1 unspecified atom stereocenters. The van der Waals surface area contributed by atoms with Crippen LogP contribution in [-0.2, 0) is 28.6 Å². The summed E-state index contributed by atoms with van der Waals surface area (Å²) in [6.45, 7) is 6.17. The first kappa shape index (κ1) is 46.6. The third-order valence-corrected chi connectivity index (χ3v) is 7.71. The number of rotatable bonds is 33. The number of unbranched alkanes of at least 4 members (excludes halogenated alkanes) is 11. The Morgan fingerprint density at radius 2 is 0.960 bits per heavy atom. The molecule has 1 atom stereocenters. The lowest BCUT2D eigenvalue weighted by Gasteiger charge is -2.18. The van der Waals surface area contributed by atoms with Gasteiger partial charge in [-0.1, -0.05) is 151 Å². The van der Waals surface area contributed by atoms with Gasteiger partial charge < -0.3 is 14.2 Å². The fourth-order valence-electron chi connectivity index (χ4n) is 4.77. The van der Waals surface area contributed by atoms with E-state index in [1.165, 1.54) is 12.8 Å². The average molecular weight is 695 g/mol. The van der Waals surface area contributed by atoms with Crippen LogP contribution in [0.2, 0.25) is 0 Å². The number of hydrogen-bond acceptors (Lipinski definition) is 6. The van der Waals surface area contributed by atoms with Crippen LogP contribution < -0.4 is 0 Å².